The van der Waals surface area contributed by atoms with E-state index in [1.54, 1.807) is 31.2 Å². The minimum atomic E-state index is -0.963. The van der Waals surface area contributed by atoms with Crippen molar-refractivity contribution in [1.82, 2.24) is 9.80 Å². The van der Waals surface area contributed by atoms with Gasteiger partial charge >= 0.3 is 0 Å². The molecule has 8 nitrogen and oxygen atoms in total. The predicted octanol–water partition coefficient (Wildman–Crippen LogP) is 2.53. The molecular weight excluding hydrogens is 475 g/mol. The van der Waals surface area contributed by atoms with Crippen molar-refractivity contribution in [2.75, 3.05) is 14.1 Å². The van der Waals surface area contributed by atoms with Crippen LogP contribution >= 0.6 is 0 Å². The average Bonchev–Trinajstić information content (AvgIpc) is 2.82. The summed E-state index contributed by atoms with van der Waals surface area (Å²) in [6.07, 6.45) is 0.661. The number of carbonyl (C=O) groups excluding carboxylic acids is 3. The summed E-state index contributed by atoms with van der Waals surface area (Å²) in [5, 5.41) is 9.81. The SMILES string of the molecule is Cc1cc(C[C@@H](C(N)=O)N(C)C(=O)[C@@H](CC(C)(C)C)N(C)C(=O)[C@@H](N)Cc2ccc(F)cc2)ccc1O. The van der Waals surface area contributed by atoms with Gasteiger partial charge in [-0.2, -0.15) is 0 Å². The van der Waals surface area contributed by atoms with Crippen LogP contribution in [0.4, 0.5) is 4.39 Å². The van der Waals surface area contributed by atoms with Crippen molar-refractivity contribution in [2.24, 2.45) is 16.9 Å². The van der Waals surface area contributed by atoms with Gasteiger partial charge in [0.05, 0.1) is 6.04 Å². The van der Waals surface area contributed by atoms with E-state index in [4.69, 9.17) is 11.5 Å². The number of rotatable bonds is 10. The molecule has 3 atom stereocenters. The lowest BCUT2D eigenvalue weighted by atomic mass is 9.86. The molecule has 5 N–H and O–H groups in total. The van der Waals surface area contributed by atoms with Crippen LogP contribution in [0.1, 0.15) is 43.9 Å². The largest absolute Gasteiger partial charge is 0.508 e. The Hall–Kier alpha value is -3.46. The van der Waals surface area contributed by atoms with Crippen molar-refractivity contribution in [3.05, 3.63) is 65.0 Å². The summed E-state index contributed by atoms with van der Waals surface area (Å²) < 4.78 is 13.2. The number of carbonyl (C=O) groups is 3. The highest BCUT2D eigenvalue weighted by Gasteiger charge is 2.37. The zero-order chi connectivity index (χ0) is 28.1. The number of primary amides is 1. The summed E-state index contributed by atoms with van der Waals surface area (Å²) in [6.45, 7) is 7.60. The molecule has 3 amide bonds. The minimum absolute atomic E-state index is 0.131. The Kier molecular flexibility index (Phi) is 9.80. The third-order valence-electron chi connectivity index (χ3n) is 6.43. The molecule has 0 aliphatic carbocycles. The quantitative estimate of drug-likeness (QED) is 0.449. The molecule has 0 spiro atoms. The number of phenolic OH excluding ortho intramolecular Hbond substituents is 1. The smallest absolute Gasteiger partial charge is 0.245 e. The second-order valence-electron chi connectivity index (χ2n) is 10.9. The number of likely N-dealkylation sites (N-methyl/N-ethyl adjacent to an activating group) is 2. The summed E-state index contributed by atoms with van der Waals surface area (Å²) in [4.78, 5) is 42.0. The van der Waals surface area contributed by atoms with E-state index in [2.05, 4.69) is 0 Å². The molecule has 0 unspecified atom stereocenters. The topological polar surface area (TPSA) is 130 Å². The lowest BCUT2D eigenvalue weighted by molar-refractivity contribution is -0.148. The Morgan fingerprint density at radius 3 is 1.97 bits per heavy atom. The van der Waals surface area contributed by atoms with Gasteiger partial charge in [-0.1, -0.05) is 45.0 Å². The lowest BCUT2D eigenvalue weighted by Gasteiger charge is -2.37. The fourth-order valence-electron chi connectivity index (χ4n) is 4.23. The summed E-state index contributed by atoms with van der Waals surface area (Å²) in [5.74, 6) is -1.81. The van der Waals surface area contributed by atoms with E-state index in [0.717, 1.165) is 5.56 Å². The number of nitrogens with zero attached hydrogens (tertiary/aromatic N) is 2. The number of nitrogens with two attached hydrogens (primary N) is 2. The van der Waals surface area contributed by atoms with Gasteiger partial charge in [0, 0.05) is 20.5 Å². The molecule has 2 aromatic carbocycles. The molecule has 0 fully saturated rings. The maximum absolute atomic E-state index is 13.7. The van der Waals surface area contributed by atoms with Crippen molar-refractivity contribution < 1.29 is 23.9 Å². The van der Waals surface area contributed by atoms with Gasteiger partial charge in [0.2, 0.25) is 17.7 Å². The number of phenols is 1. The van der Waals surface area contributed by atoms with Crippen LogP contribution < -0.4 is 11.5 Å². The van der Waals surface area contributed by atoms with Gasteiger partial charge < -0.3 is 26.4 Å². The maximum atomic E-state index is 13.7. The third-order valence-corrected chi connectivity index (χ3v) is 6.43. The minimum Gasteiger partial charge on any atom is -0.508 e. The van der Waals surface area contributed by atoms with Crippen LogP contribution in [0.2, 0.25) is 0 Å². The highest BCUT2D eigenvalue weighted by Crippen LogP contribution is 2.26. The van der Waals surface area contributed by atoms with Gasteiger partial charge in [-0.3, -0.25) is 14.4 Å². The molecule has 202 valence electrons. The van der Waals surface area contributed by atoms with E-state index in [9.17, 15) is 23.9 Å². The molecule has 0 aliphatic heterocycles. The fraction of sp³-hybridized carbons (Fsp3) is 0.464. The standard InChI is InChI=1S/C28H39FN4O4/c1-17-13-19(9-12-24(17)34)15-22(25(31)35)32(5)27(37)23(16-28(2,3)4)33(6)26(36)21(30)14-18-7-10-20(29)11-8-18/h7-13,21-23,34H,14-16,30H2,1-6H3,(H2,31,35)/t21-,22-,23+/m0/s1. The molecular formula is C28H39FN4O4. The van der Waals surface area contributed by atoms with Gasteiger partial charge in [0.1, 0.15) is 23.7 Å². The molecule has 0 heterocycles. The molecule has 2 aromatic rings. The molecule has 0 saturated heterocycles. The first-order valence-corrected chi connectivity index (χ1v) is 12.2. The van der Waals surface area contributed by atoms with Gasteiger partial charge in [0.15, 0.2) is 0 Å². The van der Waals surface area contributed by atoms with Crippen molar-refractivity contribution >= 4 is 17.7 Å². The second-order valence-corrected chi connectivity index (χ2v) is 10.9. The third kappa shape index (κ3) is 8.28. The van der Waals surface area contributed by atoms with Crippen LogP contribution in [0.5, 0.6) is 5.75 Å². The summed E-state index contributed by atoms with van der Waals surface area (Å²) in [6, 6.07) is 7.88. The van der Waals surface area contributed by atoms with E-state index in [-0.39, 0.29) is 29.8 Å². The zero-order valence-corrected chi connectivity index (χ0v) is 22.5. The second kappa shape index (κ2) is 12.2. The number of halogens is 1. The Balaban J connectivity index is 2.28. The van der Waals surface area contributed by atoms with Crippen molar-refractivity contribution in [1.29, 1.82) is 0 Å². The number of hydrogen-bond donors (Lipinski definition) is 3. The van der Waals surface area contributed by atoms with E-state index >= 15 is 0 Å². The highest BCUT2D eigenvalue weighted by atomic mass is 19.1. The van der Waals surface area contributed by atoms with Gasteiger partial charge in [0.25, 0.3) is 0 Å². The van der Waals surface area contributed by atoms with Crippen LogP contribution in [-0.2, 0) is 27.2 Å². The van der Waals surface area contributed by atoms with Gasteiger partial charge in [-0.25, -0.2) is 4.39 Å². The molecule has 0 aromatic heterocycles. The van der Waals surface area contributed by atoms with Gasteiger partial charge in [-0.15, -0.1) is 0 Å². The molecule has 0 aliphatic rings. The number of amides is 3. The number of aromatic hydroxyl groups is 1. The average molecular weight is 515 g/mol. The summed E-state index contributed by atoms with van der Waals surface area (Å²) in [7, 11) is 3.02. The first-order chi connectivity index (χ1) is 17.1. The monoisotopic (exact) mass is 514 g/mol. The Morgan fingerprint density at radius 1 is 0.919 bits per heavy atom. The normalized spacial score (nSPS) is 13.9. The fourth-order valence-corrected chi connectivity index (χ4v) is 4.23. The zero-order valence-electron chi connectivity index (χ0n) is 22.5. The maximum Gasteiger partial charge on any atom is 0.245 e. The molecule has 0 bridgehead atoms. The van der Waals surface area contributed by atoms with Gasteiger partial charge in [-0.05, 0) is 60.1 Å². The van der Waals surface area contributed by atoms with Crippen LogP contribution in [0, 0.1) is 18.2 Å². The van der Waals surface area contributed by atoms with Crippen LogP contribution in [0.15, 0.2) is 42.5 Å². The lowest BCUT2D eigenvalue weighted by Crippen LogP contribution is -2.57. The number of aryl methyl sites for hydroxylation is 1. The van der Waals surface area contributed by atoms with Crippen LogP contribution in [0.3, 0.4) is 0 Å². The summed E-state index contributed by atoms with van der Waals surface area (Å²) >= 11 is 0. The molecule has 2 rings (SSSR count). The Morgan fingerprint density at radius 2 is 1.46 bits per heavy atom. The van der Waals surface area contributed by atoms with Crippen molar-refractivity contribution in [2.45, 2.75) is 65.1 Å². The first kappa shape index (κ1) is 29.8. The molecule has 9 heteroatoms. The van der Waals surface area contributed by atoms with Crippen molar-refractivity contribution in [3.63, 3.8) is 0 Å². The molecule has 0 saturated carbocycles. The Bertz CT molecular complexity index is 1110. The summed E-state index contributed by atoms with van der Waals surface area (Å²) in [5.41, 5.74) is 13.6. The van der Waals surface area contributed by atoms with E-state index in [1.165, 1.54) is 42.1 Å². The van der Waals surface area contributed by atoms with Crippen LogP contribution in [-0.4, -0.2) is 64.8 Å². The molecule has 37 heavy (non-hydrogen) atoms. The number of benzene rings is 2. The first-order valence-electron chi connectivity index (χ1n) is 12.2. The number of hydrogen-bond acceptors (Lipinski definition) is 5. The predicted molar refractivity (Wildman–Crippen MR) is 141 cm³/mol. The highest BCUT2D eigenvalue weighted by molar-refractivity contribution is 5.92. The van der Waals surface area contributed by atoms with Crippen LogP contribution in [0.25, 0.3) is 0 Å². The Labute approximate surface area is 218 Å². The van der Waals surface area contributed by atoms with Crippen molar-refractivity contribution in [3.8, 4) is 5.75 Å². The van der Waals surface area contributed by atoms with E-state index < -0.39 is 35.8 Å². The van der Waals surface area contributed by atoms with E-state index in [0.29, 0.717) is 17.5 Å². The molecule has 0 radical (unpaired) electrons. The van der Waals surface area contributed by atoms with E-state index in [1.807, 2.05) is 20.8 Å².